The van der Waals surface area contributed by atoms with E-state index in [2.05, 4.69) is 11.6 Å². The smallest absolute Gasteiger partial charge is 0.0264 e. The fourth-order valence-electron chi connectivity index (χ4n) is 0.197. The third-order valence-electron chi connectivity index (χ3n) is 0.470. The van der Waals surface area contributed by atoms with E-state index >= 15 is 0 Å². The Kier molecular flexibility index (Phi) is 4.52. The van der Waals surface area contributed by atoms with E-state index in [1.165, 1.54) is 6.20 Å². The van der Waals surface area contributed by atoms with E-state index in [1.807, 2.05) is 19.1 Å². The first kappa shape index (κ1) is 6.15. The average molecular weight is 95.1 g/mol. The second-order valence-electron chi connectivity index (χ2n) is 1.01. The van der Waals surface area contributed by atoms with Crippen LogP contribution in [0.5, 0.6) is 0 Å². The molecule has 1 heteroatoms. The molecule has 0 aliphatic heterocycles. The van der Waals surface area contributed by atoms with E-state index in [0.717, 1.165) is 0 Å². The van der Waals surface area contributed by atoms with Gasteiger partial charge in [0.15, 0.2) is 0 Å². The van der Waals surface area contributed by atoms with Gasteiger partial charge in [0.1, 0.15) is 0 Å². The van der Waals surface area contributed by atoms with Crippen LogP contribution < -0.4 is 0 Å². The van der Waals surface area contributed by atoms with Crippen LogP contribution in [0.2, 0.25) is 0 Å². The number of hydrogen-bond acceptors (Lipinski definition) is 1. The number of hydrogen-bond donors (Lipinski definition) is 0. The lowest BCUT2D eigenvalue weighted by atomic mass is 10.6. The molecular weight excluding hydrogens is 86.1 g/mol. The first-order chi connectivity index (χ1) is 3.41. The normalized spacial score (nSPS) is 11.0. The van der Waals surface area contributed by atoms with E-state index in [1.54, 1.807) is 6.21 Å². The summed E-state index contributed by atoms with van der Waals surface area (Å²) >= 11 is 0. The van der Waals surface area contributed by atoms with Gasteiger partial charge in [-0.05, 0) is 13.0 Å². The van der Waals surface area contributed by atoms with Gasteiger partial charge in [-0.1, -0.05) is 12.7 Å². The predicted octanol–water partition coefficient (Wildman–Crippen LogP) is 1.78. The van der Waals surface area contributed by atoms with Crippen molar-refractivity contribution in [3.63, 3.8) is 0 Å². The van der Waals surface area contributed by atoms with Crippen LogP contribution in [0.1, 0.15) is 6.92 Å². The predicted molar refractivity (Wildman–Crippen MR) is 33.5 cm³/mol. The molecule has 0 amide bonds. The second kappa shape index (κ2) is 5.15. The maximum Gasteiger partial charge on any atom is 0.0264 e. The van der Waals surface area contributed by atoms with Crippen molar-refractivity contribution in [1.82, 2.24) is 0 Å². The molecule has 0 aromatic rings. The van der Waals surface area contributed by atoms with Gasteiger partial charge >= 0.3 is 0 Å². The molecule has 0 heterocycles. The van der Waals surface area contributed by atoms with Gasteiger partial charge in [0.25, 0.3) is 0 Å². The minimum absolute atomic E-state index is 1.50. The molecule has 0 aliphatic carbocycles. The Morgan fingerprint density at radius 3 is 2.71 bits per heavy atom. The molecule has 0 saturated heterocycles. The van der Waals surface area contributed by atoms with E-state index < -0.39 is 0 Å². The molecule has 38 valence electrons. The maximum atomic E-state index is 3.71. The number of rotatable bonds is 2. The minimum Gasteiger partial charge on any atom is -0.265 e. The van der Waals surface area contributed by atoms with Crippen molar-refractivity contribution in [1.29, 1.82) is 0 Å². The molecule has 0 spiro atoms. The second-order valence-corrected chi connectivity index (χ2v) is 1.01. The van der Waals surface area contributed by atoms with Crippen molar-refractivity contribution in [2.45, 2.75) is 6.92 Å². The Hall–Kier alpha value is -0.850. The summed E-state index contributed by atoms with van der Waals surface area (Å²) in [6.07, 6.45) is 6.95. The Labute approximate surface area is 44.1 Å². The van der Waals surface area contributed by atoms with Gasteiger partial charge in [-0.2, -0.15) is 0 Å². The first-order valence-electron chi connectivity index (χ1n) is 2.17. The Morgan fingerprint density at radius 2 is 2.29 bits per heavy atom. The van der Waals surface area contributed by atoms with Gasteiger partial charge in [-0.15, -0.1) is 0 Å². The lowest BCUT2D eigenvalue weighted by Crippen LogP contribution is -1.55. The van der Waals surface area contributed by atoms with Gasteiger partial charge in [0, 0.05) is 12.4 Å². The summed E-state index contributed by atoms with van der Waals surface area (Å²) in [5.41, 5.74) is 0. The van der Waals surface area contributed by atoms with Gasteiger partial charge in [0.05, 0.1) is 0 Å². The van der Waals surface area contributed by atoms with E-state index in [-0.39, 0.29) is 0 Å². The lowest BCUT2D eigenvalue weighted by Gasteiger charge is -1.66. The van der Waals surface area contributed by atoms with Gasteiger partial charge in [-0.25, -0.2) is 0 Å². The summed E-state index contributed by atoms with van der Waals surface area (Å²) in [6.45, 7) is 5.34. The first-order valence-corrected chi connectivity index (χ1v) is 2.17. The largest absolute Gasteiger partial charge is 0.265 e. The van der Waals surface area contributed by atoms with Crippen LogP contribution in [0.3, 0.4) is 0 Å². The third kappa shape index (κ3) is 5.15. The Bertz CT molecular complexity index is 90.4. The molecule has 0 N–H and O–H groups in total. The van der Waals surface area contributed by atoms with Crippen molar-refractivity contribution in [2.75, 3.05) is 0 Å². The SMILES string of the molecule is C=CN=C/C=C\C. The topological polar surface area (TPSA) is 12.4 Å². The Balaban J connectivity index is 3.27. The van der Waals surface area contributed by atoms with Crippen LogP contribution in [-0.4, -0.2) is 6.21 Å². The molecule has 0 saturated carbocycles. The third-order valence-corrected chi connectivity index (χ3v) is 0.470. The van der Waals surface area contributed by atoms with Gasteiger partial charge < -0.3 is 0 Å². The highest BCUT2D eigenvalue weighted by atomic mass is 14.6. The highest BCUT2D eigenvalue weighted by Gasteiger charge is 1.52. The molecule has 0 aromatic carbocycles. The lowest BCUT2D eigenvalue weighted by molar-refractivity contribution is 1.62. The minimum atomic E-state index is 1.50. The molecule has 0 unspecified atom stereocenters. The van der Waals surface area contributed by atoms with Gasteiger partial charge in [-0.3, -0.25) is 4.99 Å². The van der Waals surface area contributed by atoms with Crippen LogP contribution in [-0.2, 0) is 0 Å². The molecule has 7 heavy (non-hydrogen) atoms. The molecule has 1 nitrogen and oxygen atoms in total. The maximum absolute atomic E-state index is 3.71. The summed E-state index contributed by atoms with van der Waals surface area (Å²) in [5.74, 6) is 0. The quantitative estimate of drug-likeness (QED) is 0.463. The highest BCUT2D eigenvalue weighted by molar-refractivity contribution is 5.71. The number of allylic oxidation sites excluding steroid dienone is 2. The molecule has 0 fully saturated rings. The summed E-state index contributed by atoms with van der Waals surface area (Å²) < 4.78 is 0. The van der Waals surface area contributed by atoms with E-state index in [4.69, 9.17) is 0 Å². The monoisotopic (exact) mass is 95.1 g/mol. The summed E-state index contributed by atoms with van der Waals surface area (Å²) in [7, 11) is 0. The number of aliphatic imine (C=N–C) groups is 1. The summed E-state index contributed by atoms with van der Waals surface area (Å²) in [5, 5.41) is 0. The molecule has 0 rings (SSSR count). The van der Waals surface area contributed by atoms with E-state index in [0.29, 0.717) is 0 Å². The van der Waals surface area contributed by atoms with Crippen LogP contribution in [0, 0.1) is 0 Å². The fourth-order valence-corrected chi connectivity index (χ4v) is 0.197. The molecule has 0 radical (unpaired) electrons. The molecule has 0 aliphatic rings. The van der Waals surface area contributed by atoms with Gasteiger partial charge in [0.2, 0.25) is 0 Å². The molecule has 0 bridgehead atoms. The standard InChI is InChI=1S/C6H9N/c1-3-5-6-7-4-2/h3-6H,2H2,1H3/b5-3-,7-6?. The van der Waals surface area contributed by atoms with Crippen molar-refractivity contribution < 1.29 is 0 Å². The summed E-state index contributed by atoms with van der Waals surface area (Å²) in [4.78, 5) is 3.71. The van der Waals surface area contributed by atoms with Crippen molar-refractivity contribution in [2.24, 2.45) is 4.99 Å². The van der Waals surface area contributed by atoms with Crippen LogP contribution in [0.15, 0.2) is 29.9 Å². The van der Waals surface area contributed by atoms with Crippen LogP contribution >= 0.6 is 0 Å². The highest BCUT2D eigenvalue weighted by Crippen LogP contribution is 1.66. The zero-order valence-corrected chi connectivity index (χ0v) is 4.46. The average Bonchev–Trinajstić information content (AvgIpc) is 1.69. The van der Waals surface area contributed by atoms with Crippen LogP contribution in [0.25, 0.3) is 0 Å². The fraction of sp³-hybridized carbons (Fsp3) is 0.167. The van der Waals surface area contributed by atoms with Crippen LogP contribution in [0.4, 0.5) is 0 Å². The van der Waals surface area contributed by atoms with Crippen molar-refractivity contribution >= 4 is 6.21 Å². The zero-order chi connectivity index (χ0) is 5.54. The molecule has 0 atom stereocenters. The zero-order valence-electron chi connectivity index (χ0n) is 4.46. The molecular formula is C6H9N. The Morgan fingerprint density at radius 1 is 1.57 bits per heavy atom. The number of nitrogens with zero attached hydrogens (tertiary/aromatic N) is 1. The van der Waals surface area contributed by atoms with Crippen molar-refractivity contribution in [3.05, 3.63) is 24.9 Å². The molecule has 0 aromatic heterocycles. The summed E-state index contributed by atoms with van der Waals surface area (Å²) in [6, 6.07) is 0. The van der Waals surface area contributed by atoms with E-state index in [9.17, 15) is 0 Å². The van der Waals surface area contributed by atoms with Crippen molar-refractivity contribution in [3.8, 4) is 0 Å².